The summed E-state index contributed by atoms with van der Waals surface area (Å²) in [6.45, 7) is 0. The number of aliphatic carboxylic acids is 3. The van der Waals surface area contributed by atoms with Gasteiger partial charge in [0, 0.05) is 31.2 Å². The van der Waals surface area contributed by atoms with Gasteiger partial charge in [0.2, 0.25) is 11.8 Å². The van der Waals surface area contributed by atoms with Gasteiger partial charge in [-0.3, -0.25) is 19.2 Å². The molecule has 0 bridgehead atoms. The second kappa shape index (κ2) is 11.4. The lowest BCUT2D eigenvalue weighted by molar-refractivity contribution is -0.143. The number of amides is 2. The minimum absolute atomic E-state index is 0.112. The third-order valence-electron chi connectivity index (χ3n) is 3.88. The average Bonchev–Trinajstić information content (AvgIpc) is 3.14. The van der Waals surface area contributed by atoms with E-state index in [9.17, 15) is 29.1 Å². The van der Waals surface area contributed by atoms with E-state index in [-0.39, 0.29) is 25.7 Å². The smallest absolute Gasteiger partial charge is 0.326 e. The summed E-state index contributed by atoms with van der Waals surface area (Å²) in [7, 11) is 0. The lowest BCUT2D eigenvalue weighted by Gasteiger charge is -2.22. The van der Waals surface area contributed by atoms with Crippen molar-refractivity contribution in [2.75, 3.05) is 0 Å². The van der Waals surface area contributed by atoms with Crippen LogP contribution in [0.5, 0.6) is 0 Å². The predicted molar refractivity (Wildman–Crippen MR) is 95.5 cm³/mol. The highest BCUT2D eigenvalue weighted by atomic mass is 16.4. The highest BCUT2D eigenvalue weighted by Gasteiger charge is 2.28. The molecule has 0 saturated carbocycles. The normalized spacial score (nSPS) is 13.7. The van der Waals surface area contributed by atoms with Gasteiger partial charge in [-0.25, -0.2) is 9.78 Å². The highest BCUT2D eigenvalue weighted by Crippen LogP contribution is 2.04. The van der Waals surface area contributed by atoms with Crippen molar-refractivity contribution in [3.8, 4) is 0 Å². The van der Waals surface area contributed by atoms with Gasteiger partial charge in [0.1, 0.15) is 12.1 Å². The van der Waals surface area contributed by atoms with Crippen molar-refractivity contribution in [1.82, 2.24) is 20.6 Å². The molecule has 0 spiro atoms. The van der Waals surface area contributed by atoms with Gasteiger partial charge in [0.15, 0.2) is 0 Å². The lowest BCUT2D eigenvalue weighted by Crippen LogP contribution is -2.55. The van der Waals surface area contributed by atoms with Crippen LogP contribution >= 0.6 is 0 Å². The first-order valence-corrected chi connectivity index (χ1v) is 8.60. The molecule has 13 nitrogen and oxygen atoms in total. The van der Waals surface area contributed by atoms with Gasteiger partial charge < -0.3 is 36.7 Å². The molecule has 13 heteroatoms. The molecule has 1 rings (SSSR count). The molecule has 0 radical (unpaired) electrons. The van der Waals surface area contributed by atoms with Crippen molar-refractivity contribution >= 4 is 29.7 Å². The van der Waals surface area contributed by atoms with Crippen molar-refractivity contribution < 1.29 is 39.3 Å². The number of hydrogen-bond donors (Lipinski definition) is 7. The minimum atomic E-state index is -1.36. The fraction of sp³-hybridized carbons (Fsp3) is 0.500. The Morgan fingerprint density at radius 3 is 2.07 bits per heavy atom. The number of nitrogens with two attached hydrogens (primary N) is 1. The average molecular weight is 413 g/mol. The summed E-state index contributed by atoms with van der Waals surface area (Å²) < 4.78 is 0. The van der Waals surface area contributed by atoms with Crippen LogP contribution in [0.3, 0.4) is 0 Å². The molecule has 2 amide bonds. The molecule has 0 aliphatic rings. The highest BCUT2D eigenvalue weighted by molar-refractivity contribution is 5.92. The monoisotopic (exact) mass is 413 g/mol. The van der Waals surface area contributed by atoms with E-state index < -0.39 is 54.3 Å². The maximum atomic E-state index is 12.5. The number of imidazole rings is 1. The first-order chi connectivity index (χ1) is 13.6. The molecule has 0 aliphatic heterocycles. The van der Waals surface area contributed by atoms with Gasteiger partial charge in [-0.2, -0.15) is 0 Å². The summed E-state index contributed by atoms with van der Waals surface area (Å²) in [6.07, 6.45) is 1.27. The SMILES string of the molecule is NC(CCC(=O)O)C(=O)NC(CCC(=O)O)C(=O)NC(Cc1cnc[nH]1)C(=O)O. The van der Waals surface area contributed by atoms with E-state index in [0.29, 0.717) is 5.69 Å². The van der Waals surface area contributed by atoms with Crippen molar-refractivity contribution in [2.45, 2.75) is 50.2 Å². The van der Waals surface area contributed by atoms with Crippen molar-refractivity contribution in [1.29, 1.82) is 0 Å². The minimum Gasteiger partial charge on any atom is -0.481 e. The topological polar surface area (TPSA) is 225 Å². The fourth-order valence-electron chi connectivity index (χ4n) is 2.31. The zero-order chi connectivity index (χ0) is 22.0. The standard InChI is InChI=1S/C16H23N5O8/c17-9(1-3-12(22)23)14(26)20-10(2-4-13(24)25)15(27)21-11(16(28)29)5-8-6-18-7-19-8/h6-7,9-11H,1-5,17H2,(H,18,19)(H,20,26)(H,21,27)(H,22,23)(H,24,25)(H,28,29). The molecule has 1 aromatic rings. The quantitative estimate of drug-likeness (QED) is 0.189. The van der Waals surface area contributed by atoms with E-state index in [1.807, 2.05) is 0 Å². The van der Waals surface area contributed by atoms with E-state index in [1.165, 1.54) is 12.5 Å². The molecule has 1 aromatic heterocycles. The molecule has 29 heavy (non-hydrogen) atoms. The predicted octanol–water partition coefficient (Wildman–Crippen LogP) is -1.94. The number of carbonyl (C=O) groups is 5. The summed E-state index contributed by atoms with van der Waals surface area (Å²) in [5.74, 6) is -5.47. The van der Waals surface area contributed by atoms with Crippen LogP contribution in [-0.2, 0) is 30.4 Å². The summed E-state index contributed by atoms with van der Waals surface area (Å²) in [5, 5.41) is 31.3. The molecule has 0 aromatic carbocycles. The van der Waals surface area contributed by atoms with E-state index in [4.69, 9.17) is 15.9 Å². The summed E-state index contributed by atoms with van der Waals surface area (Å²) >= 11 is 0. The molecular weight excluding hydrogens is 390 g/mol. The van der Waals surface area contributed by atoms with Gasteiger partial charge in [0.05, 0.1) is 12.4 Å². The Bertz CT molecular complexity index is 736. The Balaban J connectivity index is 2.80. The lowest BCUT2D eigenvalue weighted by atomic mass is 10.1. The molecular formula is C16H23N5O8. The number of rotatable bonds is 13. The van der Waals surface area contributed by atoms with Crippen LogP contribution < -0.4 is 16.4 Å². The third-order valence-corrected chi connectivity index (χ3v) is 3.88. The maximum Gasteiger partial charge on any atom is 0.326 e. The van der Waals surface area contributed by atoms with Crippen LogP contribution in [0.4, 0.5) is 0 Å². The third kappa shape index (κ3) is 8.83. The number of nitrogens with one attached hydrogen (secondary N) is 3. The van der Waals surface area contributed by atoms with Crippen molar-refractivity contribution in [3.05, 3.63) is 18.2 Å². The Kier molecular flexibility index (Phi) is 9.25. The van der Waals surface area contributed by atoms with Crippen LogP contribution in [0.15, 0.2) is 12.5 Å². The molecule has 8 N–H and O–H groups in total. The van der Waals surface area contributed by atoms with Gasteiger partial charge in [-0.1, -0.05) is 0 Å². The zero-order valence-electron chi connectivity index (χ0n) is 15.3. The number of carbonyl (C=O) groups excluding carboxylic acids is 2. The summed E-state index contributed by atoms with van der Waals surface area (Å²) in [5.41, 5.74) is 6.03. The zero-order valence-corrected chi connectivity index (χ0v) is 15.3. The van der Waals surface area contributed by atoms with Crippen LogP contribution in [0.1, 0.15) is 31.4 Å². The largest absolute Gasteiger partial charge is 0.481 e. The van der Waals surface area contributed by atoms with Crippen LogP contribution in [0.2, 0.25) is 0 Å². The number of hydrogen-bond acceptors (Lipinski definition) is 7. The van der Waals surface area contributed by atoms with Crippen LogP contribution in [0, 0.1) is 0 Å². The van der Waals surface area contributed by atoms with Crippen LogP contribution in [-0.4, -0.2) is 73.1 Å². The van der Waals surface area contributed by atoms with Crippen molar-refractivity contribution in [3.63, 3.8) is 0 Å². The number of nitrogens with zero attached hydrogens (tertiary/aromatic N) is 1. The van der Waals surface area contributed by atoms with E-state index in [1.54, 1.807) is 0 Å². The Hall–Kier alpha value is -3.48. The molecule has 0 aliphatic carbocycles. The number of aromatic amines is 1. The molecule has 0 saturated heterocycles. The molecule has 160 valence electrons. The van der Waals surface area contributed by atoms with E-state index >= 15 is 0 Å². The molecule has 0 fully saturated rings. The fourth-order valence-corrected chi connectivity index (χ4v) is 2.31. The first kappa shape index (κ1) is 23.6. The summed E-state index contributed by atoms with van der Waals surface area (Å²) in [6, 6.07) is -3.95. The van der Waals surface area contributed by atoms with Gasteiger partial charge >= 0.3 is 17.9 Å². The van der Waals surface area contributed by atoms with E-state index in [2.05, 4.69) is 20.6 Å². The summed E-state index contributed by atoms with van der Waals surface area (Å²) in [4.78, 5) is 63.9. The number of carboxylic acid groups (broad SMARTS) is 3. The Labute approximate surface area is 164 Å². The second-order valence-corrected chi connectivity index (χ2v) is 6.21. The number of aromatic nitrogens is 2. The second-order valence-electron chi connectivity index (χ2n) is 6.21. The van der Waals surface area contributed by atoms with Crippen molar-refractivity contribution in [2.24, 2.45) is 5.73 Å². The Morgan fingerprint density at radius 2 is 1.55 bits per heavy atom. The van der Waals surface area contributed by atoms with Gasteiger partial charge in [0.25, 0.3) is 0 Å². The Morgan fingerprint density at radius 1 is 0.966 bits per heavy atom. The molecule has 3 unspecified atom stereocenters. The number of H-pyrrole nitrogens is 1. The van der Waals surface area contributed by atoms with Gasteiger partial charge in [-0.15, -0.1) is 0 Å². The van der Waals surface area contributed by atoms with Gasteiger partial charge in [-0.05, 0) is 12.8 Å². The van der Waals surface area contributed by atoms with Crippen LogP contribution in [0.25, 0.3) is 0 Å². The van der Waals surface area contributed by atoms with E-state index in [0.717, 1.165) is 0 Å². The maximum absolute atomic E-state index is 12.5. The molecule has 3 atom stereocenters. The first-order valence-electron chi connectivity index (χ1n) is 8.60. The number of carboxylic acids is 3. The molecule has 1 heterocycles.